The van der Waals surface area contributed by atoms with Crippen molar-refractivity contribution in [3.05, 3.63) is 40.6 Å². The molecule has 2 aromatic heterocycles. The largest absolute Gasteiger partial charge is 0.342 e. The highest BCUT2D eigenvalue weighted by Gasteiger charge is 2.27. The van der Waals surface area contributed by atoms with Gasteiger partial charge in [0.15, 0.2) is 0 Å². The van der Waals surface area contributed by atoms with E-state index >= 15 is 0 Å². The molecule has 0 aromatic carbocycles. The van der Waals surface area contributed by atoms with Gasteiger partial charge in [-0.1, -0.05) is 0 Å². The predicted molar refractivity (Wildman–Crippen MR) is 90.0 cm³/mol. The minimum Gasteiger partial charge on any atom is -0.342 e. The lowest BCUT2D eigenvalue weighted by Crippen LogP contribution is -2.37. The van der Waals surface area contributed by atoms with Crippen molar-refractivity contribution in [1.82, 2.24) is 19.4 Å². The van der Waals surface area contributed by atoms with Crippen LogP contribution in [0.3, 0.4) is 0 Å². The average Bonchev–Trinajstić information content (AvgIpc) is 3.24. The fourth-order valence-electron chi connectivity index (χ4n) is 3.71. The Hall–Kier alpha value is -1.66. The van der Waals surface area contributed by atoms with Crippen molar-refractivity contribution < 1.29 is 4.79 Å². The molecule has 4 heterocycles. The zero-order chi connectivity index (χ0) is 15.6. The van der Waals surface area contributed by atoms with Gasteiger partial charge in [0.05, 0.1) is 6.54 Å². The van der Waals surface area contributed by atoms with Gasteiger partial charge in [-0.2, -0.15) is 11.3 Å². The molecule has 1 atom stereocenters. The van der Waals surface area contributed by atoms with E-state index in [4.69, 9.17) is 0 Å². The maximum atomic E-state index is 12.0. The normalized spacial score (nSPS) is 22.3. The molecule has 0 spiro atoms. The number of carbonyl (C=O) groups excluding carboxylic acids is 1. The number of carbonyl (C=O) groups is 1. The second-order valence-corrected chi connectivity index (χ2v) is 7.39. The van der Waals surface area contributed by atoms with Crippen LogP contribution < -0.4 is 0 Å². The highest BCUT2D eigenvalue weighted by Crippen LogP contribution is 2.21. The van der Waals surface area contributed by atoms with Gasteiger partial charge in [0.1, 0.15) is 5.82 Å². The minimum atomic E-state index is 0.324. The summed E-state index contributed by atoms with van der Waals surface area (Å²) in [5.41, 5.74) is 1.37. The van der Waals surface area contributed by atoms with Crippen molar-refractivity contribution in [3.8, 4) is 0 Å². The van der Waals surface area contributed by atoms with Crippen LogP contribution in [0.5, 0.6) is 0 Å². The van der Waals surface area contributed by atoms with Crippen molar-refractivity contribution in [2.45, 2.75) is 32.5 Å². The van der Waals surface area contributed by atoms with Gasteiger partial charge in [-0.3, -0.25) is 9.69 Å². The van der Waals surface area contributed by atoms with Gasteiger partial charge < -0.3 is 9.47 Å². The zero-order valence-corrected chi connectivity index (χ0v) is 14.0. The van der Waals surface area contributed by atoms with Gasteiger partial charge in [0.25, 0.3) is 0 Å². The van der Waals surface area contributed by atoms with E-state index in [-0.39, 0.29) is 0 Å². The van der Waals surface area contributed by atoms with Crippen molar-refractivity contribution in [1.29, 1.82) is 0 Å². The lowest BCUT2D eigenvalue weighted by atomic mass is 10.1. The Kier molecular flexibility index (Phi) is 4.18. The number of amides is 1. The molecule has 2 aromatic rings. The smallest absolute Gasteiger partial charge is 0.222 e. The summed E-state index contributed by atoms with van der Waals surface area (Å²) in [6.07, 6.45) is 5.70. The highest BCUT2D eigenvalue weighted by atomic mass is 32.1. The van der Waals surface area contributed by atoms with Crippen LogP contribution in [0.25, 0.3) is 0 Å². The highest BCUT2D eigenvalue weighted by molar-refractivity contribution is 7.07. The SMILES string of the molecule is O=C1CCCN1C[C@H]1CN(Cc2ccsc2)Cc2nccn2C1. The van der Waals surface area contributed by atoms with Crippen molar-refractivity contribution in [2.75, 3.05) is 19.6 Å². The Morgan fingerprint density at radius 2 is 2.30 bits per heavy atom. The van der Waals surface area contributed by atoms with Gasteiger partial charge in [0, 0.05) is 57.5 Å². The van der Waals surface area contributed by atoms with Gasteiger partial charge in [-0.25, -0.2) is 4.98 Å². The summed E-state index contributed by atoms with van der Waals surface area (Å²) < 4.78 is 2.26. The molecule has 0 aliphatic carbocycles. The van der Waals surface area contributed by atoms with Crippen molar-refractivity contribution in [3.63, 3.8) is 0 Å². The second-order valence-electron chi connectivity index (χ2n) is 6.61. The van der Waals surface area contributed by atoms with E-state index in [2.05, 4.69) is 42.4 Å². The molecule has 1 fully saturated rings. The van der Waals surface area contributed by atoms with Crippen LogP contribution in [-0.2, 0) is 24.4 Å². The first-order valence-electron chi connectivity index (χ1n) is 8.29. The number of aromatic nitrogens is 2. The molecule has 0 saturated carbocycles. The third-order valence-electron chi connectivity index (χ3n) is 4.77. The minimum absolute atomic E-state index is 0.324. The molecule has 122 valence electrons. The van der Waals surface area contributed by atoms with Gasteiger partial charge in [-0.05, 0) is 28.8 Å². The fraction of sp³-hybridized carbons (Fsp3) is 0.529. The standard InChI is InChI=1S/C17H22N4OS/c22-17-2-1-5-21(17)11-15-9-19(8-14-3-7-23-13-14)12-16-18-4-6-20(16)10-15/h3-4,6-7,13,15H,1-2,5,8-12H2/t15-/m0/s1. The Morgan fingerprint density at radius 3 is 3.09 bits per heavy atom. The van der Waals surface area contributed by atoms with Crippen LogP contribution in [-0.4, -0.2) is 44.9 Å². The molecule has 0 radical (unpaired) electrons. The molecule has 0 bridgehead atoms. The Labute approximate surface area is 140 Å². The van der Waals surface area contributed by atoms with Gasteiger partial charge in [0.2, 0.25) is 5.91 Å². The van der Waals surface area contributed by atoms with Crippen LogP contribution in [0, 0.1) is 5.92 Å². The van der Waals surface area contributed by atoms with E-state index in [0.29, 0.717) is 11.8 Å². The van der Waals surface area contributed by atoms with E-state index in [1.807, 2.05) is 6.20 Å². The summed E-state index contributed by atoms with van der Waals surface area (Å²) in [5.74, 6) is 1.92. The predicted octanol–water partition coefficient (Wildman–Crippen LogP) is 2.20. The fourth-order valence-corrected chi connectivity index (χ4v) is 4.37. The summed E-state index contributed by atoms with van der Waals surface area (Å²) in [6.45, 7) is 5.61. The quantitative estimate of drug-likeness (QED) is 0.863. The van der Waals surface area contributed by atoms with E-state index in [0.717, 1.165) is 57.9 Å². The van der Waals surface area contributed by atoms with Gasteiger partial charge in [-0.15, -0.1) is 0 Å². The molecule has 23 heavy (non-hydrogen) atoms. The number of hydrogen-bond acceptors (Lipinski definition) is 4. The third-order valence-corrected chi connectivity index (χ3v) is 5.51. The first-order valence-corrected chi connectivity index (χ1v) is 9.23. The average molecular weight is 330 g/mol. The number of hydrogen-bond donors (Lipinski definition) is 0. The summed E-state index contributed by atoms with van der Waals surface area (Å²) in [5, 5.41) is 4.35. The summed E-state index contributed by atoms with van der Waals surface area (Å²) >= 11 is 1.75. The molecule has 0 N–H and O–H groups in total. The molecule has 2 aliphatic heterocycles. The first kappa shape index (κ1) is 14.9. The lowest BCUT2D eigenvalue weighted by molar-refractivity contribution is -0.128. The molecular weight excluding hydrogens is 308 g/mol. The van der Waals surface area contributed by atoms with Crippen molar-refractivity contribution in [2.24, 2.45) is 5.92 Å². The maximum absolute atomic E-state index is 12.0. The van der Waals surface area contributed by atoms with Crippen LogP contribution in [0.2, 0.25) is 0 Å². The summed E-state index contributed by atoms with van der Waals surface area (Å²) in [4.78, 5) is 21.0. The van der Waals surface area contributed by atoms with Crippen LogP contribution in [0.15, 0.2) is 29.2 Å². The molecule has 2 aliphatic rings. The number of fused-ring (bicyclic) bond motifs is 1. The Bertz CT molecular complexity index is 666. The maximum Gasteiger partial charge on any atom is 0.222 e. The summed E-state index contributed by atoms with van der Waals surface area (Å²) in [7, 11) is 0. The lowest BCUT2D eigenvalue weighted by Gasteiger charge is -2.27. The van der Waals surface area contributed by atoms with Crippen LogP contribution in [0.4, 0.5) is 0 Å². The summed E-state index contributed by atoms with van der Waals surface area (Å²) in [6, 6.07) is 2.20. The number of likely N-dealkylation sites (tertiary alicyclic amines) is 1. The molecular formula is C17H22N4OS. The van der Waals surface area contributed by atoms with Gasteiger partial charge >= 0.3 is 0 Å². The molecule has 5 nitrogen and oxygen atoms in total. The topological polar surface area (TPSA) is 41.4 Å². The second kappa shape index (κ2) is 6.45. The number of thiophene rings is 1. The van der Waals surface area contributed by atoms with E-state index in [1.54, 1.807) is 11.3 Å². The molecule has 1 amide bonds. The monoisotopic (exact) mass is 330 g/mol. The first-order chi connectivity index (χ1) is 11.3. The number of imidazole rings is 1. The number of nitrogens with zero attached hydrogens (tertiary/aromatic N) is 4. The van der Waals surface area contributed by atoms with Crippen LogP contribution in [0.1, 0.15) is 24.2 Å². The third kappa shape index (κ3) is 3.33. The molecule has 1 saturated heterocycles. The van der Waals surface area contributed by atoms with E-state index < -0.39 is 0 Å². The molecule has 0 unspecified atom stereocenters. The Morgan fingerprint density at radius 1 is 1.35 bits per heavy atom. The number of rotatable bonds is 4. The molecule has 6 heteroatoms. The van der Waals surface area contributed by atoms with Crippen LogP contribution >= 0.6 is 11.3 Å². The van der Waals surface area contributed by atoms with Crippen molar-refractivity contribution >= 4 is 17.2 Å². The zero-order valence-electron chi connectivity index (χ0n) is 13.2. The van der Waals surface area contributed by atoms with E-state index in [1.165, 1.54) is 5.56 Å². The van der Waals surface area contributed by atoms with E-state index in [9.17, 15) is 4.79 Å². The molecule has 4 rings (SSSR count). The Balaban J connectivity index is 1.50.